The van der Waals surface area contributed by atoms with E-state index in [9.17, 15) is 34.2 Å². The Kier molecular flexibility index (Phi) is 23.5. The average molecular weight is 1010 g/mol. The highest BCUT2D eigenvalue weighted by atomic mass is 16.6. The molecule has 3 saturated heterocycles. The number of hydrogen-bond acceptors (Lipinski definition) is 15. The second-order valence-corrected chi connectivity index (χ2v) is 21.5. The number of carbonyl (C=O) groups is 5. The fraction of sp³-hybridized carbons (Fsp3) is 0.768. The zero-order valence-corrected chi connectivity index (χ0v) is 44.8. The maximum absolute atomic E-state index is 14.5. The van der Waals surface area contributed by atoms with Crippen molar-refractivity contribution in [1.29, 1.82) is 0 Å². The first kappa shape index (κ1) is 59.4. The Balaban J connectivity index is 1.46. The lowest BCUT2D eigenvalue weighted by atomic mass is 9.78. The lowest BCUT2D eigenvalue weighted by molar-refractivity contribution is -0.266. The van der Waals surface area contributed by atoms with Crippen molar-refractivity contribution in [3.8, 4) is 0 Å². The smallest absolute Gasteiger partial charge is 0.329 e. The quantitative estimate of drug-likeness (QED) is 0.0967. The molecule has 2 bridgehead atoms. The number of hydrogen-bond donors (Lipinski definition) is 2. The van der Waals surface area contributed by atoms with Crippen LogP contribution in [0.1, 0.15) is 126 Å². The maximum Gasteiger partial charge on any atom is 0.329 e. The van der Waals surface area contributed by atoms with Gasteiger partial charge in [-0.25, -0.2) is 4.79 Å². The fourth-order valence-electron chi connectivity index (χ4n) is 11.0. The van der Waals surface area contributed by atoms with Gasteiger partial charge in [0, 0.05) is 58.5 Å². The summed E-state index contributed by atoms with van der Waals surface area (Å²) in [7, 11) is 4.73. The van der Waals surface area contributed by atoms with Crippen molar-refractivity contribution in [3.05, 3.63) is 47.6 Å². The Bertz CT molecular complexity index is 1930. The number of aliphatic hydroxyl groups is 2. The minimum atomic E-state index is -2.46. The van der Waals surface area contributed by atoms with Gasteiger partial charge in [0.1, 0.15) is 36.2 Å². The van der Waals surface area contributed by atoms with Gasteiger partial charge in [-0.1, -0.05) is 71.1 Å². The Hall–Kier alpha value is -3.45. The van der Waals surface area contributed by atoms with Crippen LogP contribution in [0.4, 0.5) is 0 Å². The Morgan fingerprint density at radius 3 is 2.22 bits per heavy atom. The standard InChI is InChI=1S/C56H87NO15/c1-34-16-12-11-13-17-35(2)47(70-25-24-69-43-32-68-33-43)30-42-21-19-40(7)56(64,72-42)53(61)54(62)57-23-15-14-18-44(57)55(63)71-48(37(4)28-41-20-22-46(65-8)49(29-41)66-9)31-45(58)36(3)27-39(6)51(60)52(67-10)50(59)38(5)26-34/h11-13,16-17,27,34,36-38,40-44,46-49,51-52,60,64H,14-15,18-26,28-33H2,1-10H3/b13-11+,16-12+,35-17+,39-27+/t34-,36-,37-,38-,40-,41+,42+,44+,46-,47-,48+,49-,51-,52+,56-/m1/s1. The fourth-order valence-corrected chi connectivity index (χ4v) is 11.0. The topological polar surface area (TPSA) is 203 Å². The van der Waals surface area contributed by atoms with Crippen LogP contribution in [0.2, 0.25) is 0 Å². The molecule has 5 rings (SSSR count). The monoisotopic (exact) mass is 1010 g/mol. The molecule has 4 aliphatic heterocycles. The van der Waals surface area contributed by atoms with Crippen LogP contribution in [0.5, 0.6) is 0 Å². The van der Waals surface area contributed by atoms with E-state index in [1.54, 1.807) is 41.1 Å². The van der Waals surface area contributed by atoms with E-state index < -0.39 is 77.8 Å². The number of carbonyl (C=O) groups excluding carboxylic acids is 5. The minimum Gasteiger partial charge on any atom is -0.460 e. The van der Waals surface area contributed by atoms with Gasteiger partial charge in [-0.2, -0.15) is 0 Å². The first-order valence-corrected chi connectivity index (χ1v) is 26.6. The molecular formula is C56H87NO15. The van der Waals surface area contributed by atoms with E-state index in [1.165, 1.54) is 12.0 Å². The number of piperidine rings is 1. The molecule has 0 aromatic carbocycles. The van der Waals surface area contributed by atoms with Gasteiger partial charge < -0.3 is 53.0 Å². The lowest BCUT2D eigenvalue weighted by Gasteiger charge is -2.43. The largest absolute Gasteiger partial charge is 0.460 e. The molecule has 406 valence electrons. The number of aliphatic hydroxyl groups excluding tert-OH is 1. The number of Topliss-reactive ketones (excluding diaryl/α,β-unsaturated/α-hetero) is 3. The molecule has 2 N–H and O–H groups in total. The average Bonchev–Trinajstić information content (AvgIpc) is 3.35. The summed E-state index contributed by atoms with van der Waals surface area (Å²) in [6.45, 7) is 14.5. The molecule has 0 radical (unpaired) electrons. The summed E-state index contributed by atoms with van der Waals surface area (Å²) in [5.74, 6) is -7.91. The van der Waals surface area contributed by atoms with Crippen LogP contribution in [0, 0.1) is 35.5 Å². The number of nitrogens with zero attached hydrogens (tertiary/aromatic N) is 1. The summed E-state index contributed by atoms with van der Waals surface area (Å²) in [5.41, 5.74) is 1.26. The van der Waals surface area contributed by atoms with Crippen molar-refractivity contribution in [3.63, 3.8) is 0 Å². The number of ketones is 3. The Labute approximate surface area is 428 Å². The van der Waals surface area contributed by atoms with Gasteiger partial charge in [-0.05, 0) is 107 Å². The second kappa shape index (κ2) is 28.4. The number of methoxy groups -OCH3 is 3. The highest BCUT2D eigenvalue weighted by Gasteiger charge is 2.53. The number of esters is 1. The van der Waals surface area contributed by atoms with Gasteiger partial charge >= 0.3 is 5.97 Å². The molecule has 16 nitrogen and oxygen atoms in total. The summed E-state index contributed by atoms with van der Waals surface area (Å²) in [4.78, 5) is 72.7. The van der Waals surface area contributed by atoms with E-state index in [2.05, 4.69) is 0 Å². The van der Waals surface area contributed by atoms with Gasteiger partial charge in [0.15, 0.2) is 5.78 Å². The number of rotatable bonds is 11. The van der Waals surface area contributed by atoms with Crippen LogP contribution in [0.15, 0.2) is 47.6 Å². The van der Waals surface area contributed by atoms with E-state index in [0.29, 0.717) is 63.9 Å². The predicted molar refractivity (Wildman–Crippen MR) is 269 cm³/mol. The van der Waals surface area contributed by atoms with Crippen molar-refractivity contribution in [2.24, 2.45) is 35.5 Å². The molecule has 1 aliphatic carbocycles. The van der Waals surface area contributed by atoms with Gasteiger partial charge in [0.2, 0.25) is 5.79 Å². The second-order valence-electron chi connectivity index (χ2n) is 21.5. The number of cyclic esters (lactones) is 1. The summed E-state index contributed by atoms with van der Waals surface area (Å²) < 4.78 is 47.2. The molecule has 4 heterocycles. The van der Waals surface area contributed by atoms with Gasteiger partial charge in [0.25, 0.3) is 11.7 Å². The van der Waals surface area contributed by atoms with Crippen molar-refractivity contribution in [2.45, 2.75) is 186 Å². The molecule has 16 heteroatoms. The van der Waals surface area contributed by atoms with Gasteiger partial charge in [0.05, 0.1) is 50.8 Å². The third-order valence-corrected chi connectivity index (χ3v) is 15.8. The lowest BCUT2D eigenvalue weighted by Crippen LogP contribution is -2.61. The molecule has 15 atom stereocenters. The van der Waals surface area contributed by atoms with Crippen LogP contribution >= 0.6 is 0 Å². The predicted octanol–water partition coefficient (Wildman–Crippen LogP) is 6.62. The van der Waals surface area contributed by atoms with Crippen molar-refractivity contribution in [1.82, 2.24) is 4.90 Å². The number of allylic oxidation sites excluding steroid dienone is 6. The molecule has 0 aromatic heterocycles. The van der Waals surface area contributed by atoms with Crippen LogP contribution in [-0.4, -0.2) is 159 Å². The molecule has 0 aromatic rings. The minimum absolute atomic E-state index is 0.00182. The van der Waals surface area contributed by atoms with Gasteiger partial charge in [-0.3, -0.25) is 19.2 Å². The van der Waals surface area contributed by atoms with Crippen molar-refractivity contribution < 1.29 is 72.1 Å². The normalized spacial score (nSPS) is 38.9. The molecule has 4 fully saturated rings. The third-order valence-electron chi connectivity index (χ3n) is 15.8. The molecule has 1 saturated carbocycles. The SMILES string of the molecule is CO[C@@H]1CC[C@@H](C[C@@H](C)[C@@H]2CC(=O)[C@H](C)/C=C(\C)[C@@H](O)[C@@H](OC)C(=O)[C@H](C)C[C@H](C)/C=C/C=C/C=C(\C)[C@H](OCCOC3COC3)C[C@@H]3CC[C@@H](C)[C@@](O)(O3)C(=O)C(=O)N3CCCC[C@H]3C(=O)O2)C[C@H]1OC. The van der Waals surface area contributed by atoms with Crippen molar-refractivity contribution in [2.75, 3.05) is 54.3 Å². The highest BCUT2D eigenvalue weighted by Crippen LogP contribution is 2.38. The van der Waals surface area contributed by atoms with Crippen LogP contribution < -0.4 is 0 Å². The molecular weight excluding hydrogens is 927 g/mol. The van der Waals surface area contributed by atoms with E-state index in [1.807, 2.05) is 58.1 Å². The third kappa shape index (κ3) is 16.0. The summed E-state index contributed by atoms with van der Waals surface area (Å²) in [5, 5.41) is 23.7. The van der Waals surface area contributed by atoms with Crippen LogP contribution in [0.3, 0.4) is 0 Å². The Morgan fingerprint density at radius 2 is 1.54 bits per heavy atom. The molecule has 5 aliphatic rings. The van der Waals surface area contributed by atoms with E-state index in [4.69, 9.17) is 37.9 Å². The molecule has 72 heavy (non-hydrogen) atoms. The number of fused-ring (bicyclic) bond motifs is 3. The first-order valence-electron chi connectivity index (χ1n) is 26.6. The van der Waals surface area contributed by atoms with E-state index >= 15 is 0 Å². The van der Waals surface area contributed by atoms with E-state index in [-0.39, 0.29) is 80.0 Å². The molecule has 0 spiro atoms. The zero-order chi connectivity index (χ0) is 52.7. The highest BCUT2D eigenvalue weighted by molar-refractivity contribution is 6.39. The zero-order valence-electron chi connectivity index (χ0n) is 44.8. The molecule has 1 amide bonds. The number of amides is 1. The summed E-state index contributed by atoms with van der Waals surface area (Å²) in [6.07, 6.45) is 12.4. The van der Waals surface area contributed by atoms with Gasteiger partial charge in [-0.15, -0.1) is 0 Å². The van der Waals surface area contributed by atoms with E-state index in [0.717, 1.165) is 24.8 Å². The first-order chi connectivity index (χ1) is 34.3. The van der Waals surface area contributed by atoms with Crippen LogP contribution in [0.25, 0.3) is 0 Å². The summed E-state index contributed by atoms with van der Waals surface area (Å²) in [6, 6.07) is -1.14. The molecule has 0 unspecified atom stereocenters. The Morgan fingerprint density at radius 1 is 0.819 bits per heavy atom. The van der Waals surface area contributed by atoms with Crippen LogP contribution in [-0.2, 0) is 61.9 Å². The number of ether oxygens (including phenoxy) is 8. The summed E-state index contributed by atoms with van der Waals surface area (Å²) >= 11 is 0. The van der Waals surface area contributed by atoms with Crippen molar-refractivity contribution >= 4 is 29.2 Å². The maximum atomic E-state index is 14.5.